The molecule has 0 aromatic heterocycles. The van der Waals surface area contributed by atoms with E-state index in [1.165, 1.54) is 5.56 Å². The van der Waals surface area contributed by atoms with E-state index >= 15 is 0 Å². The van der Waals surface area contributed by atoms with Gasteiger partial charge in [-0.1, -0.05) is 30.3 Å². The highest BCUT2D eigenvalue weighted by Gasteiger charge is 2.38. The standard InChI is InChI=1S/C18H24N2O3/c21-17(20-11-5-9-16(20)18(22)23)15-8-4-10-19(13-15)12-14-6-2-1-3-7-14/h1-3,6-7,15-16H,4-5,8-13H2,(H,22,23). The van der Waals surface area contributed by atoms with Crippen LogP contribution in [0.5, 0.6) is 0 Å². The second-order valence-corrected chi connectivity index (χ2v) is 6.59. The second kappa shape index (κ2) is 7.13. The number of nitrogens with zero attached hydrogens (tertiary/aromatic N) is 2. The van der Waals surface area contributed by atoms with E-state index in [0.717, 1.165) is 38.9 Å². The molecule has 0 spiro atoms. The van der Waals surface area contributed by atoms with Gasteiger partial charge in [0.25, 0.3) is 0 Å². The normalized spacial score (nSPS) is 25.5. The van der Waals surface area contributed by atoms with Gasteiger partial charge in [-0.2, -0.15) is 0 Å². The smallest absolute Gasteiger partial charge is 0.326 e. The van der Waals surface area contributed by atoms with E-state index in [9.17, 15) is 14.7 Å². The van der Waals surface area contributed by atoms with Crippen LogP contribution in [0.3, 0.4) is 0 Å². The predicted molar refractivity (Wildman–Crippen MR) is 86.8 cm³/mol. The first-order chi connectivity index (χ1) is 11.1. The summed E-state index contributed by atoms with van der Waals surface area (Å²) in [6, 6.07) is 9.66. The monoisotopic (exact) mass is 316 g/mol. The predicted octanol–water partition coefficient (Wildman–Crippen LogP) is 1.97. The molecule has 0 saturated carbocycles. The van der Waals surface area contributed by atoms with E-state index < -0.39 is 12.0 Å². The third kappa shape index (κ3) is 3.72. The van der Waals surface area contributed by atoms with Crippen LogP contribution in [0.4, 0.5) is 0 Å². The van der Waals surface area contributed by atoms with Gasteiger partial charge < -0.3 is 10.0 Å². The van der Waals surface area contributed by atoms with Crippen molar-refractivity contribution in [3.8, 4) is 0 Å². The Kier molecular flexibility index (Phi) is 4.96. The van der Waals surface area contributed by atoms with Crippen LogP contribution in [-0.4, -0.2) is 52.5 Å². The molecule has 1 amide bonds. The van der Waals surface area contributed by atoms with Gasteiger partial charge in [-0.15, -0.1) is 0 Å². The largest absolute Gasteiger partial charge is 0.480 e. The van der Waals surface area contributed by atoms with Gasteiger partial charge in [-0.3, -0.25) is 9.69 Å². The maximum Gasteiger partial charge on any atom is 0.326 e. The number of rotatable bonds is 4. The summed E-state index contributed by atoms with van der Waals surface area (Å²) >= 11 is 0. The van der Waals surface area contributed by atoms with Crippen LogP contribution in [0, 0.1) is 5.92 Å². The summed E-state index contributed by atoms with van der Waals surface area (Å²) in [5, 5.41) is 9.27. The molecule has 0 aliphatic carbocycles. The lowest BCUT2D eigenvalue weighted by Crippen LogP contribution is -2.48. The zero-order chi connectivity index (χ0) is 16.2. The molecule has 1 aromatic rings. The molecule has 2 fully saturated rings. The number of carboxylic acid groups (broad SMARTS) is 1. The van der Waals surface area contributed by atoms with Gasteiger partial charge >= 0.3 is 5.97 Å². The number of carbonyl (C=O) groups is 2. The van der Waals surface area contributed by atoms with Gasteiger partial charge in [0, 0.05) is 19.6 Å². The van der Waals surface area contributed by atoms with Gasteiger partial charge in [-0.05, 0) is 37.8 Å². The van der Waals surface area contributed by atoms with E-state index in [0.29, 0.717) is 13.0 Å². The fraction of sp³-hybridized carbons (Fsp3) is 0.556. The molecule has 0 bridgehead atoms. The van der Waals surface area contributed by atoms with Crippen molar-refractivity contribution in [3.05, 3.63) is 35.9 Å². The molecular weight excluding hydrogens is 292 g/mol. The fourth-order valence-electron chi connectivity index (χ4n) is 3.76. The van der Waals surface area contributed by atoms with Crippen LogP contribution in [0.15, 0.2) is 30.3 Å². The molecule has 5 heteroatoms. The van der Waals surface area contributed by atoms with E-state index in [-0.39, 0.29) is 11.8 Å². The highest BCUT2D eigenvalue weighted by molar-refractivity contribution is 5.85. The first kappa shape index (κ1) is 16.0. The SMILES string of the molecule is O=C(O)C1CCCN1C(=O)C1CCCN(Cc2ccccc2)C1. The molecule has 1 aromatic carbocycles. The van der Waals surface area contributed by atoms with E-state index in [1.807, 2.05) is 18.2 Å². The molecule has 5 nitrogen and oxygen atoms in total. The van der Waals surface area contributed by atoms with Gasteiger partial charge in [0.05, 0.1) is 5.92 Å². The molecule has 124 valence electrons. The summed E-state index contributed by atoms with van der Waals surface area (Å²) in [5.74, 6) is -0.895. The maximum atomic E-state index is 12.7. The molecule has 23 heavy (non-hydrogen) atoms. The number of carboxylic acids is 1. The van der Waals surface area contributed by atoms with Gasteiger partial charge in [0.2, 0.25) is 5.91 Å². The second-order valence-electron chi connectivity index (χ2n) is 6.59. The number of likely N-dealkylation sites (tertiary alicyclic amines) is 2. The Morgan fingerprint density at radius 1 is 1.09 bits per heavy atom. The summed E-state index contributed by atoms with van der Waals surface area (Å²) < 4.78 is 0. The summed E-state index contributed by atoms with van der Waals surface area (Å²) in [6.07, 6.45) is 3.24. The van der Waals surface area contributed by atoms with Crippen molar-refractivity contribution in [2.24, 2.45) is 5.92 Å². The summed E-state index contributed by atoms with van der Waals surface area (Å²) in [7, 11) is 0. The van der Waals surface area contributed by atoms with E-state index in [1.54, 1.807) is 4.90 Å². The first-order valence-corrected chi connectivity index (χ1v) is 8.44. The van der Waals surface area contributed by atoms with Crippen LogP contribution in [0.25, 0.3) is 0 Å². The van der Waals surface area contributed by atoms with Crippen molar-refractivity contribution < 1.29 is 14.7 Å². The summed E-state index contributed by atoms with van der Waals surface area (Å²) in [5.41, 5.74) is 1.25. The van der Waals surface area contributed by atoms with Crippen LogP contribution in [-0.2, 0) is 16.1 Å². The molecule has 2 saturated heterocycles. The number of piperidine rings is 1. The topological polar surface area (TPSA) is 60.9 Å². The molecule has 2 atom stereocenters. The van der Waals surface area contributed by atoms with Gasteiger partial charge in [0.15, 0.2) is 0 Å². The molecule has 2 aliphatic heterocycles. The zero-order valence-electron chi connectivity index (χ0n) is 13.4. The van der Waals surface area contributed by atoms with Crippen molar-refractivity contribution in [1.29, 1.82) is 0 Å². The molecule has 2 aliphatic rings. The van der Waals surface area contributed by atoms with Crippen LogP contribution >= 0.6 is 0 Å². The Balaban J connectivity index is 1.61. The minimum absolute atomic E-state index is 0.0349. The number of amides is 1. The third-order valence-electron chi connectivity index (χ3n) is 4.92. The zero-order valence-corrected chi connectivity index (χ0v) is 13.4. The lowest BCUT2D eigenvalue weighted by atomic mass is 9.95. The van der Waals surface area contributed by atoms with Crippen molar-refractivity contribution in [2.75, 3.05) is 19.6 Å². The molecule has 2 unspecified atom stereocenters. The Labute approximate surface area is 136 Å². The van der Waals surface area contributed by atoms with Crippen LogP contribution in [0.2, 0.25) is 0 Å². The quantitative estimate of drug-likeness (QED) is 0.922. The summed E-state index contributed by atoms with van der Waals surface area (Å²) in [6.45, 7) is 3.18. The van der Waals surface area contributed by atoms with Crippen molar-refractivity contribution in [3.63, 3.8) is 0 Å². The van der Waals surface area contributed by atoms with Gasteiger partial charge in [0.1, 0.15) is 6.04 Å². The van der Waals surface area contributed by atoms with E-state index in [2.05, 4.69) is 17.0 Å². The van der Waals surface area contributed by atoms with Crippen LogP contribution in [0.1, 0.15) is 31.2 Å². The molecule has 3 rings (SSSR count). The number of hydrogen-bond donors (Lipinski definition) is 1. The van der Waals surface area contributed by atoms with Crippen molar-refractivity contribution >= 4 is 11.9 Å². The average molecular weight is 316 g/mol. The highest BCUT2D eigenvalue weighted by Crippen LogP contribution is 2.25. The maximum absolute atomic E-state index is 12.7. The molecule has 2 heterocycles. The highest BCUT2D eigenvalue weighted by atomic mass is 16.4. The number of benzene rings is 1. The van der Waals surface area contributed by atoms with E-state index in [4.69, 9.17) is 0 Å². The molecule has 1 N–H and O–H groups in total. The minimum Gasteiger partial charge on any atom is -0.480 e. The Morgan fingerprint density at radius 3 is 2.57 bits per heavy atom. The third-order valence-corrected chi connectivity index (χ3v) is 4.92. The molecule has 0 radical (unpaired) electrons. The van der Waals surface area contributed by atoms with Gasteiger partial charge in [-0.25, -0.2) is 4.79 Å². The van der Waals surface area contributed by atoms with Crippen LogP contribution < -0.4 is 0 Å². The number of aliphatic carboxylic acids is 1. The average Bonchev–Trinajstić information content (AvgIpc) is 3.05. The fourth-order valence-corrected chi connectivity index (χ4v) is 3.76. The molecular formula is C18H24N2O3. The number of carbonyl (C=O) groups excluding carboxylic acids is 1. The van der Waals surface area contributed by atoms with Crippen molar-refractivity contribution in [2.45, 2.75) is 38.3 Å². The Morgan fingerprint density at radius 2 is 1.83 bits per heavy atom. The summed E-state index contributed by atoms with van der Waals surface area (Å²) in [4.78, 5) is 28.0. The number of hydrogen-bond acceptors (Lipinski definition) is 3. The lowest BCUT2D eigenvalue weighted by molar-refractivity contribution is -0.150. The van der Waals surface area contributed by atoms with Crippen molar-refractivity contribution in [1.82, 2.24) is 9.80 Å². The Hall–Kier alpha value is -1.88. The minimum atomic E-state index is -0.868. The first-order valence-electron chi connectivity index (χ1n) is 8.44. The Bertz CT molecular complexity index is 561. The lowest BCUT2D eigenvalue weighted by Gasteiger charge is -2.35.